The summed E-state index contributed by atoms with van der Waals surface area (Å²) in [6.07, 6.45) is 7.47. The van der Waals surface area contributed by atoms with Crippen LogP contribution in [0.15, 0.2) is 30.3 Å². The zero-order valence-electron chi connectivity index (χ0n) is 10.7. The van der Waals surface area contributed by atoms with Crippen LogP contribution in [0.1, 0.15) is 32.1 Å². The van der Waals surface area contributed by atoms with Crippen LogP contribution >= 0.6 is 0 Å². The maximum absolute atomic E-state index is 2.61. The van der Waals surface area contributed by atoms with E-state index in [1.54, 1.807) is 8.02 Å². The Balaban J connectivity index is 2.01. The summed E-state index contributed by atoms with van der Waals surface area (Å²) >= 11 is -1.94. The van der Waals surface area contributed by atoms with Crippen LogP contribution in [-0.4, -0.2) is 18.4 Å². The van der Waals surface area contributed by atoms with Crippen molar-refractivity contribution in [2.75, 3.05) is 0 Å². The third-order valence-electron chi connectivity index (χ3n) is 4.08. The number of benzene rings is 1. The van der Waals surface area contributed by atoms with Crippen LogP contribution in [0.25, 0.3) is 0 Å². The molecule has 1 aromatic rings. The molecule has 0 N–H and O–H groups in total. The summed E-state index contributed by atoms with van der Waals surface area (Å²) < 4.78 is 3.28. The minimum absolute atomic E-state index is 1.06. The van der Waals surface area contributed by atoms with Crippen molar-refractivity contribution in [1.29, 1.82) is 0 Å². The van der Waals surface area contributed by atoms with E-state index in [1.807, 2.05) is 0 Å². The summed E-state index contributed by atoms with van der Waals surface area (Å²) in [4.78, 5) is 5.22. The summed E-state index contributed by atoms with van der Waals surface area (Å²) in [6, 6.07) is 11.3. The number of rotatable bonds is 3. The van der Waals surface area contributed by atoms with E-state index in [0.717, 1.165) is 5.92 Å². The summed E-state index contributed by atoms with van der Waals surface area (Å²) in [6.45, 7) is 0. The second kappa shape index (κ2) is 5.57. The fourth-order valence-corrected chi connectivity index (χ4v) is 12.2. The van der Waals surface area contributed by atoms with E-state index in [4.69, 9.17) is 0 Å². The molecule has 0 spiro atoms. The molecule has 0 aliphatic heterocycles. The molecule has 0 bridgehead atoms. The van der Waals surface area contributed by atoms with Crippen LogP contribution in [0, 0.1) is 5.92 Å². The van der Waals surface area contributed by atoms with Crippen molar-refractivity contribution in [3.8, 4) is 0 Å². The quantitative estimate of drug-likeness (QED) is 0.732. The Hall–Kier alpha value is 0.0187. The van der Waals surface area contributed by atoms with Gasteiger partial charge in [0.15, 0.2) is 0 Å². The van der Waals surface area contributed by atoms with Gasteiger partial charge in [0.25, 0.3) is 0 Å². The van der Waals surface area contributed by atoms with E-state index in [0.29, 0.717) is 0 Å². The van der Waals surface area contributed by atoms with Crippen molar-refractivity contribution in [2.45, 2.75) is 46.4 Å². The molecular formula is C15H24Sn. The van der Waals surface area contributed by atoms with E-state index in [9.17, 15) is 0 Å². The van der Waals surface area contributed by atoms with Crippen LogP contribution in [0.2, 0.25) is 14.3 Å². The molecule has 1 heteroatoms. The molecule has 88 valence electrons. The molecule has 0 heterocycles. The monoisotopic (exact) mass is 324 g/mol. The molecule has 0 aromatic heterocycles. The van der Waals surface area contributed by atoms with Gasteiger partial charge >= 0.3 is 105 Å². The molecule has 0 amide bonds. The first kappa shape index (κ1) is 12.5. The first-order chi connectivity index (χ1) is 7.68. The van der Waals surface area contributed by atoms with Gasteiger partial charge < -0.3 is 0 Å². The van der Waals surface area contributed by atoms with E-state index >= 15 is 0 Å². The molecule has 0 radical (unpaired) electrons. The summed E-state index contributed by atoms with van der Waals surface area (Å²) in [5, 5.41) is 0. The zero-order valence-corrected chi connectivity index (χ0v) is 13.6. The van der Waals surface area contributed by atoms with E-state index < -0.39 is 18.4 Å². The van der Waals surface area contributed by atoms with Gasteiger partial charge in [-0.3, -0.25) is 0 Å². The first-order valence-electron chi connectivity index (χ1n) is 6.74. The molecule has 1 aliphatic rings. The Morgan fingerprint density at radius 3 is 2.25 bits per heavy atom. The van der Waals surface area contributed by atoms with Crippen LogP contribution in [0.4, 0.5) is 0 Å². The van der Waals surface area contributed by atoms with Crippen molar-refractivity contribution < 1.29 is 0 Å². The molecule has 1 fully saturated rings. The normalized spacial score (nSPS) is 18.6. The van der Waals surface area contributed by atoms with E-state index in [2.05, 4.69) is 40.2 Å². The van der Waals surface area contributed by atoms with Gasteiger partial charge in [0, 0.05) is 0 Å². The summed E-state index contributed by atoms with van der Waals surface area (Å²) in [5.74, 6) is 1.06. The van der Waals surface area contributed by atoms with Gasteiger partial charge in [-0.2, -0.15) is 0 Å². The number of hydrogen-bond donors (Lipinski definition) is 0. The predicted molar refractivity (Wildman–Crippen MR) is 74.9 cm³/mol. The molecule has 1 saturated carbocycles. The molecule has 2 rings (SSSR count). The van der Waals surface area contributed by atoms with Crippen molar-refractivity contribution in [3.05, 3.63) is 30.3 Å². The molecule has 0 atom stereocenters. The van der Waals surface area contributed by atoms with Crippen molar-refractivity contribution in [2.24, 2.45) is 5.92 Å². The second-order valence-corrected chi connectivity index (χ2v) is 19.5. The second-order valence-electron chi connectivity index (χ2n) is 5.96. The third-order valence-corrected chi connectivity index (χ3v) is 14.1. The van der Waals surface area contributed by atoms with Gasteiger partial charge in [-0.1, -0.05) is 0 Å². The fourth-order valence-electron chi connectivity index (χ4n) is 3.12. The SMILES string of the molecule is [CH3][Sn]([CH3])([CH2]C1CCCCC1)[c]1ccccc1. The van der Waals surface area contributed by atoms with Gasteiger partial charge in [-0.05, 0) is 0 Å². The number of hydrogen-bond acceptors (Lipinski definition) is 0. The third kappa shape index (κ3) is 3.25. The molecule has 0 saturated heterocycles. The first-order valence-corrected chi connectivity index (χ1v) is 15.9. The molecule has 0 nitrogen and oxygen atoms in total. The minimum atomic E-state index is -1.94. The summed E-state index contributed by atoms with van der Waals surface area (Å²) in [5.41, 5.74) is 0. The van der Waals surface area contributed by atoms with Gasteiger partial charge in [0.2, 0.25) is 0 Å². The Bertz CT molecular complexity index is 309. The zero-order chi connectivity index (χ0) is 11.4. The molecule has 1 aromatic carbocycles. The Labute approximate surface area is 104 Å². The molecule has 0 unspecified atom stereocenters. The standard InChI is InChI=1S/C7H13.C6H5.2CH3.Sn/c1-7-5-3-2-4-6-7;1-2-4-6-5-3-1;;;/h7H,1-6H2;1-5H;2*1H3;. The van der Waals surface area contributed by atoms with Gasteiger partial charge in [0.1, 0.15) is 0 Å². The molecular weight excluding hydrogens is 299 g/mol. The Morgan fingerprint density at radius 2 is 1.62 bits per heavy atom. The predicted octanol–water partition coefficient (Wildman–Crippen LogP) is 4.18. The van der Waals surface area contributed by atoms with E-state index in [-0.39, 0.29) is 0 Å². The molecule has 16 heavy (non-hydrogen) atoms. The Morgan fingerprint density at radius 1 is 1.00 bits per heavy atom. The average Bonchev–Trinajstić information content (AvgIpc) is 2.31. The Kier molecular flexibility index (Phi) is 4.34. The molecule has 1 aliphatic carbocycles. The maximum atomic E-state index is 2.61. The topological polar surface area (TPSA) is 0 Å². The average molecular weight is 323 g/mol. The van der Waals surface area contributed by atoms with Crippen molar-refractivity contribution >= 4 is 22.0 Å². The van der Waals surface area contributed by atoms with Crippen LogP contribution in [-0.2, 0) is 0 Å². The van der Waals surface area contributed by atoms with E-state index in [1.165, 1.54) is 32.1 Å². The van der Waals surface area contributed by atoms with Crippen LogP contribution in [0.5, 0.6) is 0 Å². The van der Waals surface area contributed by atoms with Crippen LogP contribution < -0.4 is 3.58 Å². The van der Waals surface area contributed by atoms with Gasteiger partial charge in [-0.25, -0.2) is 0 Å². The van der Waals surface area contributed by atoms with Crippen molar-refractivity contribution in [3.63, 3.8) is 0 Å². The van der Waals surface area contributed by atoms with Gasteiger partial charge in [0.05, 0.1) is 0 Å². The summed E-state index contributed by atoms with van der Waals surface area (Å²) in [7, 11) is 0. The van der Waals surface area contributed by atoms with Crippen LogP contribution in [0.3, 0.4) is 0 Å². The fraction of sp³-hybridized carbons (Fsp3) is 0.600. The van der Waals surface area contributed by atoms with Crippen molar-refractivity contribution in [1.82, 2.24) is 0 Å². The van der Waals surface area contributed by atoms with Gasteiger partial charge in [-0.15, -0.1) is 0 Å².